The molecule has 0 N–H and O–H groups in total. The van der Waals surface area contributed by atoms with E-state index in [4.69, 9.17) is 29.0 Å². The normalized spacial score (nSPS) is 14.3. The molecule has 3 heterocycles. The van der Waals surface area contributed by atoms with Gasteiger partial charge in [-0.15, -0.1) is 0 Å². The second-order valence-corrected chi connectivity index (χ2v) is 13.0. The van der Waals surface area contributed by atoms with E-state index < -0.39 is 18.0 Å². The first kappa shape index (κ1) is 34.1. The van der Waals surface area contributed by atoms with Crippen molar-refractivity contribution in [3.63, 3.8) is 0 Å². The van der Waals surface area contributed by atoms with Crippen LogP contribution in [0.2, 0.25) is 0 Å². The van der Waals surface area contributed by atoms with Crippen LogP contribution in [0.1, 0.15) is 48.3 Å². The van der Waals surface area contributed by atoms with Gasteiger partial charge < -0.3 is 18.9 Å². The van der Waals surface area contributed by atoms with Gasteiger partial charge in [0.1, 0.15) is 5.69 Å². The first-order valence-electron chi connectivity index (χ1n) is 15.9. The summed E-state index contributed by atoms with van der Waals surface area (Å²) in [7, 11) is 4.45. The van der Waals surface area contributed by atoms with E-state index in [0.29, 0.717) is 48.9 Å². The van der Waals surface area contributed by atoms with Gasteiger partial charge in [0.15, 0.2) is 16.3 Å². The average Bonchev–Trinajstić information content (AvgIpc) is 3.69. The summed E-state index contributed by atoms with van der Waals surface area (Å²) in [6, 6.07) is 21.0. The molecule has 50 heavy (non-hydrogen) atoms. The molecule has 0 radical (unpaired) electrons. The van der Waals surface area contributed by atoms with Crippen molar-refractivity contribution >= 4 is 29.4 Å². The first-order chi connectivity index (χ1) is 24.1. The topological polar surface area (TPSA) is 123 Å². The number of nitrogens with zero attached hydrogens (tertiary/aromatic N) is 4. The van der Waals surface area contributed by atoms with E-state index in [-0.39, 0.29) is 23.7 Å². The van der Waals surface area contributed by atoms with Gasteiger partial charge in [-0.3, -0.25) is 9.36 Å². The van der Waals surface area contributed by atoms with Crippen LogP contribution in [0.5, 0.6) is 11.5 Å². The van der Waals surface area contributed by atoms with Crippen molar-refractivity contribution in [3.8, 4) is 28.4 Å². The summed E-state index contributed by atoms with van der Waals surface area (Å²) in [5.74, 6) is 0.165. The lowest BCUT2D eigenvalue weighted by atomic mass is 9.95. The summed E-state index contributed by atoms with van der Waals surface area (Å²) >= 11 is 1.21. The number of thiazole rings is 1. The highest BCUT2D eigenvalue weighted by Gasteiger charge is 2.34. The summed E-state index contributed by atoms with van der Waals surface area (Å²) in [6.07, 6.45) is 3.65. The van der Waals surface area contributed by atoms with Gasteiger partial charge in [-0.1, -0.05) is 55.5 Å². The van der Waals surface area contributed by atoms with Gasteiger partial charge in [-0.25, -0.2) is 19.3 Å². The minimum absolute atomic E-state index is 0.107. The standard InChI is InChI=1S/C38H36N4O7S/c1-22(2)21-49-37(45)32-23(3)39-38-42(34(32)24-12-14-25(15-13-24)36(44)48-6)35(43)31(50-38)19-27-20-41(28-10-8-7-9-11-28)40-33(27)26-16-17-29(46-4)30(18-26)47-5/h7-20,22,34H,21H2,1-6H3/b31-19-/t34-/m1/s1. The van der Waals surface area contributed by atoms with Crippen molar-refractivity contribution in [2.45, 2.75) is 26.8 Å². The van der Waals surface area contributed by atoms with Gasteiger partial charge in [0.05, 0.1) is 61.0 Å². The van der Waals surface area contributed by atoms with E-state index in [9.17, 15) is 14.4 Å². The Labute approximate surface area is 292 Å². The fourth-order valence-electron chi connectivity index (χ4n) is 5.69. The Kier molecular flexibility index (Phi) is 9.82. The zero-order chi connectivity index (χ0) is 35.5. The third kappa shape index (κ3) is 6.61. The molecule has 0 saturated heterocycles. The maximum Gasteiger partial charge on any atom is 0.338 e. The number of fused-ring (bicyclic) bond motifs is 1. The van der Waals surface area contributed by atoms with Crippen molar-refractivity contribution in [1.82, 2.24) is 14.3 Å². The highest BCUT2D eigenvalue weighted by molar-refractivity contribution is 7.07. The van der Waals surface area contributed by atoms with Gasteiger partial charge in [0.25, 0.3) is 5.56 Å². The lowest BCUT2D eigenvalue weighted by Gasteiger charge is -2.25. The molecule has 0 aliphatic carbocycles. The number of rotatable bonds is 10. The number of ether oxygens (including phenoxy) is 4. The number of carbonyl (C=O) groups excluding carboxylic acids is 2. The van der Waals surface area contributed by atoms with Gasteiger partial charge >= 0.3 is 11.9 Å². The van der Waals surface area contributed by atoms with Gasteiger partial charge in [0.2, 0.25) is 0 Å². The molecule has 1 aliphatic rings. The molecule has 6 rings (SSSR count). The van der Waals surface area contributed by atoms with Crippen molar-refractivity contribution < 1.29 is 28.5 Å². The Balaban J connectivity index is 1.54. The van der Waals surface area contributed by atoms with Gasteiger partial charge in [-0.2, -0.15) is 5.10 Å². The van der Waals surface area contributed by atoms with E-state index in [2.05, 4.69) is 0 Å². The number of methoxy groups -OCH3 is 3. The largest absolute Gasteiger partial charge is 0.493 e. The minimum Gasteiger partial charge on any atom is -0.493 e. The molecule has 0 bridgehead atoms. The molecular weight excluding hydrogens is 657 g/mol. The van der Waals surface area contributed by atoms with Crippen molar-refractivity contribution in [2.75, 3.05) is 27.9 Å². The number of allylic oxidation sites excluding steroid dienone is 1. The lowest BCUT2D eigenvalue weighted by Crippen LogP contribution is -2.40. The van der Waals surface area contributed by atoms with E-state index in [1.807, 2.05) is 68.6 Å². The molecule has 256 valence electrons. The molecule has 1 atom stereocenters. The van der Waals surface area contributed by atoms with Gasteiger partial charge in [0, 0.05) is 17.3 Å². The highest BCUT2D eigenvalue weighted by Crippen LogP contribution is 2.34. The number of esters is 2. The molecule has 1 aliphatic heterocycles. The van der Waals surface area contributed by atoms with E-state index in [0.717, 1.165) is 11.3 Å². The Morgan fingerprint density at radius 1 is 0.940 bits per heavy atom. The Bertz CT molecular complexity index is 2280. The smallest absolute Gasteiger partial charge is 0.338 e. The maximum absolute atomic E-state index is 14.4. The third-order valence-corrected chi connectivity index (χ3v) is 9.13. The number of aromatic nitrogens is 3. The van der Waals surface area contributed by atoms with Crippen LogP contribution in [-0.2, 0) is 14.3 Å². The number of hydrogen-bond donors (Lipinski definition) is 0. The SMILES string of the molecule is COC(=O)c1ccc([C@@H]2C(C(=O)OCC(C)C)=C(C)N=c3s/c(=C\c4cn(-c5ccccc5)nc4-c4ccc(OC)c(OC)c4)c(=O)n32)cc1. The predicted octanol–water partition coefficient (Wildman–Crippen LogP) is 5.09. The number of hydrogen-bond acceptors (Lipinski definition) is 10. The monoisotopic (exact) mass is 692 g/mol. The maximum atomic E-state index is 14.4. The molecule has 0 saturated carbocycles. The first-order valence-corrected chi connectivity index (χ1v) is 16.7. The van der Waals surface area contributed by atoms with Crippen LogP contribution in [-0.4, -0.2) is 54.2 Å². The molecule has 12 heteroatoms. The second kappa shape index (κ2) is 14.4. The number of benzene rings is 3. The third-order valence-electron chi connectivity index (χ3n) is 8.14. The van der Waals surface area contributed by atoms with Crippen LogP contribution in [0, 0.1) is 5.92 Å². The molecule has 11 nitrogen and oxygen atoms in total. The molecule has 3 aromatic carbocycles. The van der Waals surface area contributed by atoms with E-state index >= 15 is 0 Å². The number of carbonyl (C=O) groups is 2. The zero-order valence-corrected chi connectivity index (χ0v) is 29.3. The quantitative estimate of drug-likeness (QED) is 0.186. The van der Waals surface area contributed by atoms with Crippen LogP contribution >= 0.6 is 11.3 Å². The average molecular weight is 693 g/mol. The van der Waals surface area contributed by atoms with Crippen LogP contribution in [0.15, 0.2) is 100 Å². The molecule has 5 aromatic rings. The fourth-order valence-corrected chi connectivity index (χ4v) is 6.73. The molecule has 0 fully saturated rings. The minimum atomic E-state index is -0.850. The fraction of sp³-hybridized carbons (Fsp3) is 0.237. The van der Waals surface area contributed by atoms with E-state index in [1.165, 1.54) is 23.0 Å². The summed E-state index contributed by atoms with van der Waals surface area (Å²) in [4.78, 5) is 45.4. The molecule has 2 aromatic heterocycles. The highest BCUT2D eigenvalue weighted by atomic mass is 32.1. The van der Waals surface area contributed by atoms with Gasteiger partial charge in [-0.05, 0) is 66.9 Å². The summed E-state index contributed by atoms with van der Waals surface area (Å²) in [5.41, 5.74) is 4.18. The summed E-state index contributed by atoms with van der Waals surface area (Å²) < 4.78 is 25.2. The Morgan fingerprint density at radius 2 is 1.66 bits per heavy atom. The molecule has 0 amide bonds. The number of para-hydroxylation sites is 1. The Morgan fingerprint density at radius 3 is 2.32 bits per heavy atom. The molecular formula is C38H36N4O7S. The van der Waals surface area contributed by atoms with Crippen LogP contribution in [0.4, 0.5) is 0 Å². The second-order valence-electron chi connectivity index (χ2n) is 12.0. The zero-order valence-electron chi connectivity index (χ0n) is 28.5. The molecule has 0 spiro atoms. The lowest BCUT2D eigenvalue weighted by molar-refractivity contribution is -0.140. The summed E-state index contributed by atoms with van der Waals surface area (Å²) in [6.45, 7) is 5.83. The van der Waals surface area contributed by atoms with Crippen LogP contribution in [0.3, 0.4) is 0 Å². The van der Waals surface area contributed by atoms with Crippen LogP contribution in [0.25, 0.3) is 23.0 Å². The van der Waals surface area contributed by atoms with Crippen molar-refractivity contribution in [2.24, 2.45) is 10.9 Å². The van der Waals surface area contributed by atoms with Crippen molar-refractivity contribution in [1.29, 1.82) is 0 Å². The van der Waals surface area contributed by atoms with E-state index in [1.54, 1.807) is 56.2 Å². The predicted molar refractivity (Wildman–Crippen MR) is 189 cm³/mol. The Hall–Kier alpha value is -5.75. The molecule has 0 unspecified atom stereocenters. The summed E-state index contributed by atoms with van der Waals surface area (Å²) in [5, 5.41) is 4.92. The van der Waals surface area contributed by atoms with Crippen LogP contribution < -0.4 is 24.4 Å². The van der Waals surface area contributed by atoms with Crippen molar-refractivity contribution in [3.05, 3.63) is 127 Å².